The lowest BCUT2D eigenvalue weighted by molar-refractivity contribution is 0.0487. The van der Waals surface area contributed by atoms with E-state index in [1.165, 1.54) is 25.7 Å². The van der Waals surface area contributed by atoms with E-state index >= 15 is 0 Å². The predicted octanol–water partition coefficient (Wildman–Crippen LogP) is 2.33. The fraction of sp³-hybridized carbons (Fsp3) is 0.938. The summed E-state index contributed by atoms with van der Waals surface area (Å²) in [6, 6.07) is 0. The summed E-state index contributed by atoms with van der Waals surface area (Å²) in [6.45, 7) is 5.99. The molecule has 0 aliphatic heterocycles. The van der Waals surface area contributed by atoms with Gasteiger partial charge in [0.15, 0.2) is 15.8 Å². The topological polar surface area (TPSA) is 79.8 Å². The van der Waals surface area contributed by atoms with Crippen LogP contribution in [-0.4, -0.2) is 58.2 Å². The Bertz CT molecular complexity index is 436. The van der Waals surface area contributed by atoms with Crippen molar-refractivity contribution >= 4 is 39.8 Å². The zero-order chi connectivity index (χ0) is 17.0. The molecule has 0 amide bonds. The van der Waals surface area contributed by atoms with Crippen LogP contribution in [0.25, 0.3) is 0 Å². The number of aliphatic imine (C=N–C) groups is 1. The number of nitrogens with one attached hydrogen (secondary N) is 2. The molecule has 0 aromatic rings. The van der Waals surface area contributed by atoms with Crippen LogP contribution in [0.2, 0.25) is 0 Å². The fourth-order valence-electron chi connectivity index (χ4n) is 2.60. The van der Waals surface area contributed by atoms with Crippen LogP contribution in [0.4, 0.5) is 0 Å². The minimum Gasteiger partial charge on any atom is -0.376 e. The molecule has 1 fully saturated rings. The second-order valence-electron chi connectivity index (χ2n) is 5.91. The maximum Gasteiger partial charge on any atom is 0.191 e. The average Bonchev–Trinajstić information content (AvgIpc) is 2.80. The number of sulfone groups is 1. The molecule has 6 nitrogen and oxygen atoms in total. The fourth-order valence-corrected chi connectivity index (χ4v) is 3.30. The minimum absolute atomic E-state index is 0. The number of guanidine groups is 1. The van der Waals surface area contributed by atoms with Crippen molar-refractivity contribution < 1.29 is 13.2 Å². The molecular weight excluding hydrogens is 441 g/mol. The molecule has 1 aliphatic rings. The van der Waals surface area contributed by atoms with E-state index in [-0.39, 0.29) is 35.5 Å². The Morgan fingerprint density at radius 1 is 1.12 bits per heavy atom. The highest BCUT2D eigenvalue weighted by molar-refractivity contribution is 14.0. The highest BCUT2D eigenvalue weighted by Crippen LogP contribution is 2.19. The minimum atomic E-state index is -2.94. The van der Waals surface area contributed by atoms with Gasteiger partial charge in [0.05, 0.1) is 25.0 Å². The van der Waals surface area contributed by atoms with Crippen LogP contribution in [0, 0.1) is 0 Å². The number of nitrogens with zero attached hydrogens (tertiary/aromatic N) is 1. The van der Waals surface area contributed by atoms with Crippen molar-refractivity contribution in [1.29, 1.82) is 0 Å². The van der Waals surface area contributed by atoms with Crippen LogP contribution < -0.4 is 10.6 Å². The summed E-state index contributed by atoms with van der Waals surface area (Å²) >= 11 is 0. The third kappa shape index (κ3) is 11.5. The van der Waals surface area contributed by atoms with E-state index in [4.69, 9.17) is 4.74 Å². The molecule has 0 aromatic carbocycles. The van der Waals surface area contributed by atoms with Crippen molar-refractivity contribution in [3.8, 4) is 0 Å². The number of rotatable bonds is 9. The van der Waals surface area contributed by atoms with Crippen molar-refractivity contribution in [1.82, 2.24) is 10.6 Å². The summed E-state index contributed by atoms with van der Waals surface area (Å²) in [6.07, 6.45) is 7.90. The molecular formula is C16H34IN3O3S. The molecule has 1 saturated carbocycles. The summed E-state index contributed by atoms with van der Waals surface area (Å²) < 4.78 is 28.9. The second kappa shape index (κ2) is 14.1. The average molecular weight is 475 g/mol. The summed E-state index contributed by atoms with van der Waals surface area (Å²) in [5, 5.41) is 6.19. The Balaban J connectivity index is 0.00000529. The van der Waals surface area contributed by atoms with Crippen LogP contribution in [0.3, 0.4) is 0 Å². The Morgan fingerprint density at radius 3 is 2.38 bits per heavy atom. The van der Waals surface area contributed by atoms with Crippen LogP contribution in [-0.2, 0) is 14.6 Å². The van der Waals surface area contributed by atoms with Gasteiger partial charge in [0.25, 0.3) is 0 Å². The predicted molar refractivity (Wildman–Crippen MR) is 111 cm³/mol. The smallest absolute Gasteiger partial charge is 0.191 e. The molecule has 2 N–H and O–H groups in total. The third-order valence-corrected chi connectivity index (χ3v) is 5.71. The van der Waals surface area contributed by atoms with Gasteiger partial charge in [-0.25, -0.2) is 8.42 Å². The standard InChI is InChI=1S/C16H33N3O3S.HI/c1-3-17-16(19-12-14-23(20,21)4-2)18-11-13-22-15-9-7-5-6-8-10-15;/h15H,3-14H2,1-2H3,(H2,17,18,19);1H. The van der Waals surface area contributed by atoms with Gasteiger partial charge in [-0.1, -0.05) is 32.6 Å². The highest BCUT2D eigenvalue weighted by atomic mass is 127. The van der Waals surface area contributed by atoms with E-state index in [9.17, 15) is 8.42 Å². The SMILES string of the molecule is CCNC(=NCCOC1CCCCCC1)NCCS(=O)(=O)CC.I. The number of hydrogen-bond acceptors (Lipinski definition) is 4. The van der Waals surface area contributed by atoms with Crippen molar-refractivity contribution in [3.05, 3.63) is 0 Å². The lowest BCUT2D eigenvalue weighted by Crippen LogP contribution is -2.40. The molecule has 24 heavy (non-hydrogen) atoms. The second-order valence-corrected chi connectivity index (χ2v) is 8.38. The largest absolute Gasteiger partial charge is 0.376 e. The van der Waals surface area contributed by atoms with Crippen LogP contribution in [0.15, 0.2) is 4.99 Å². The summed E-state index contributed by atoms with van der Waals surface area (Å²) in [7, 11) is -2.94. The van der Waals surface area contributed by atoms with Crippen LogP contribution in [0.1, 0.15) is 52.4 Å². The van der Waals surface area contributed by atoms with E-state index in [1.807, 2.05) is 6.92 Å². The van der Waals surface area contributed by atoms with Gasteiger partial charge in [-0.05, 0) is 19.8 Å². The first-order chi connectivity index (χ1) is 11.1. The van der Waals surface area contributed by atoms with Crippen LogP contribution >= 0.6 is 24.0 Å². The van der Waals surface area contributed by atoms with Gasteiger partial charge in [-0.2, -0.15) is 0 Å². The number of ether oxygens (including phenoxy) is 1. The third-order valence-electron chi connectivity index (χ3n) is 4.01. The Kier molecular flexibility index (Phi) is 14.1. The lowest BCUT2D eigenvalue weighted by atomic mass is 10.1. The van der Waals surface area contributed by atoms with E-state index in [2.05, 4.69) is 15.6 Å². The summed E-state index contributed by atoms with van der Waals surface area (Å²) in [4.78, 5) is 4.44. The van der Waals surface area contributed by atoms with E-state index in [0.717, 1.165) is 19.4 Å². The van der Waals surface area contributed by atoms with E-state index in [1.54, 1.807) is 6.92 Å². The molecule has 0 bridgehead atoms. The first-order valence-electron chi connectivity index (χ1n) is 8.91. The quantitative estimate of drug-likeness (QED) is 0.176. The molecule has 1 aliphatic carbocycles. The molecule has 0 heterocycles. The Hall–Kier alpha value is -0.0900. The zero-order valence-electron chi connectivity index (χ0n) is 15.1. The molecule has 144 valence electrons. The molecule has 0 unspecified atom stereocenters. The van der Waals surface area contributed by atoms with Gasteiger partial charge in [-0.15, -0.1) is 24.0 Å². The van der Waals surface area contributed by atoms with E-state index in [0.29, 0.717) is 31.8 Å². The monoisotopic (exact) mass is 475 g/mol. The van der Waals surface area contributed by atoms with Gasteiger partial charge in [-0.3, -0.25) is 4.99 Å². The molecule has 0 atom stereocenters. The molecule has 0 spiro atoms. The maximum absolute atomic E-state index is 11.5. The van der Waals surface area contributed by atoms with Crippen molar-refractivity contribution in [3.63, 3.8) is 0 Å². The van der Waals surface area contributed by atoms with Gasteiger partial charge in [0, 0.05) is 18.8 Å². The van der Waals surface area contributed by atoms with Gasteiger partial charge < -0.3 is 15.4 Å². The summed E-state index contributed by atoms with van der Waals surface area (Å²) in [5.41, 5.74) is 0. The van der Waals surface area contributed by atoms with Crippen molar-refractivity contribution in [2.75, 3.05) is 37.7 Å². The Labute approximate surface area is 164 Å². The molecule has 8 heteroatoms. The Morgan fingerprint density at radius 2 is 1.79 bits per heavy atom. The van der Waals surface area contributed by atoms with Gasteiger partial charge in [0.2, 0.25) is 0 Å². The number of hydrogen-bond donors (Lipinski definition) is 2. The molecule has 0 aromatic heterocycles. The van der Waals surface area contributed by atoms with E-state index < -0.39 is 9.84 Å². The maximum atomic E-state index is 11.5. The molecule has 0 saturated heterocycles. The first-order valence-corrected chi connectivity index (χ1v) is 10.7. The zero-order valence-corrected chi connectivity index (χ0v) is 18.2. The molecule has 1 rings (SSSR count). The van der Waals surface area contributed by atoms with Gasteiger partial charge >= 0.3 is 0 Å². The number of halogens is 1. The lowest BCUT2D eigenvalue weighted by Gasteiger charge is -2.15. The van der Waals surface area contributed by atoms with Crippen molar-refractivity contribution in [2.24, 2.45) is 4.99 Å². The summed E-state index contributed by atoms with van der Waals surface area (Å²) in [5.74, 6) is 0.965. The highest BCUT2D eigenvalue weighted by Gasteiger charge is 2.12. The first kappa shape index (κ1) is 23.9. The van der Waals surface area contributed by atoms with Crippen molar-refractivity contribution in [2.45, 2.75) is 58.5 Å². The van der Waals surface area contributed by atoms with Gasteiger partial charge in [0.1, 0.15) is 0 Å². The molecule has 0 radical (unpaired) electrons. The van der Waals surface area contributed by atoms with Crippen LogP contribution in [0.5, 0.6) is 0 Å². The normalized spacial score (nSPS) is 17.0.